The van der Waals surface area contributed by atoms with Gasteiger partial charge in [-0.25, -0.2) is 9.18 Å². The van der Waals surface area contributed by atoms with Crippen LogP contribution in [0.1, 0.15) is 58.4 Å². The van der Waals surface area contributed by atoms with Gasteiger partial charge in [-0.1, -0.05) is 12.1 Å². The van der Waals surface area contributed by atoms with Gasteiger partial charge in [-0.05, 0) is 70.6 Å². The van der Waals surface area contributed by atoms with Crippen molar-refractivity contribution in [1.29, 1.82) is 0 Å². The van der Waals surface area contributed by atoms with Crippen LogP contribution in [0.3, 0.4) is 0 Å². The standard InChI is InChI=1S/C21H29FN2O3/c1-21(2,3)27-20(26)23-13-5-4-6-18(23)19(25)24(17-11-12-17)14-15-7-9-16(22)10-8-15/h7-10,17-18H,4-6,11-14H2,1-3H3. The van der Waals surface area contributed by atoms with Gasteiger partial charge in [0.05, 0.1) is 0 Å². The van der Waals surface area contributed by atoms with E-state index in [1.807, 2.05) is 25.7 Å². The molecule has 6 heteroatoms. The van der Waals surface area contributed by atoms with E-state index >= 15 is 0 Å². The Bertz CT molecular complexity index is 680. The fraction of sp³-hybridized carbons (Fsp3) is 0.619. The van der Waals surface area contributed by atoms with Crippen molar-refractivity contribution < 1.29 is 18.7 Å². The van der Waals surface area contributed by atoms with Crippen molar-refractivity contribution in [2.45, 2.75) is 77.1 Å². The van der Waals surface area contributed by atoms with Crippen LogP contribution in [-0.4, -0.2) is 46.0 Å². The molecule has 0 bridgehead atoms. The average Bonchev–Trinajstić information content (AvgIpc) is 3.44. The Morgan fingerprint density at radius 3 is 2.41 bits per heavy atom. The van der Waals surface area contributed by atoms with Crippen LogP contribution in [0, 0.1) is 5.82 Å². The van der Waals surface area contributed by atoms with Gasteiger partial charge in [-0.15, -0.1) is 0 Å². The van der Waals surface area contributed by atoms with Crippen molar-refractivity contribution >= 4 is 12.0 Å². The smallest absolute Gasteiger partial charge is 0.410 e. The van der Waals surface area contributed by atoms with Crippen molar-refractivity contribution in [1.82, 2.24) is 9.80 Å². The first-order chi connectivity index (χ1) is 12.7. The molecule has 2 fully saturated rings. The number of likely N-dealkylation sites (tertiary alicyclic amines) is 1. The molecule has 5 nitrogen and oxygen atoms in total. The second-order valence-electron chi connectivity index (χ2n) is 8.51. The third kappa shape index (κ3) is 5.21. The van der Waals surface area contributed by atoms with Gasteiger partial charge in [0, 0.05) is 19.1 Å². The Morgan fingerprint density at radius 1 is 1.15 bits per heavy atom. The molecule has 1 heterocycles. The molecule has 1 aliphatic carbocycles. The lowest BCUT2D eigenvalue weighted by Gasteiger charge is -2.38. The molecule has 0 spiro atoms. The van der Waals surface area contributed by atoms with Crippen LogP contribution in [0.2, 0.25) is 0 Å². The van der Waals surface area contributed by atoms with Gasteiger partial charge in [0.1, 0.15) is 17.5 Å². The van der Waals surface area contributed by atoms with Gasteiger partial charge in [-0.3, -0.25) is 9.69 Å². The van der Waals surface area contributed by atoms with Crippen molar-refractivity contribution in [3.8, 4) is 0 Å². The second-order valence-corrected chi connectivity index (χ2v) is 8.51. The first kappa shape index (κ1) is 19.6. The minimum Gasteiger partial charge on any atom is -0.444 e. The van der Waals surface area contributed by atoms with Crippen molar-refractivity contribution in [3.63, 3.8) is 0 Å². The summed E-state index contributed by atoms with van der Waals surface area (Å²) in [5.41, 5.74) is 0.308. The molecule has 27 heavy (non-hydrogen) atoms. The summed E-state index contributed by atoms with van der Waals surface area (Å²) in [7, 11) is 0. The maximum absolute atomic E-state index is 13.3. The van der Waals surface area contributed by atoms with Crippen LogP contribution in [0.15, 0.2) is 24.3 Å². The number of carbonyl (C=O) groups is 2. The minimum absolute atomic E-state index is 0.0209. The lowest BCUT2D eigenvalue weighted by atomic mass is 10.0. The van der Waals surface area contributed by atoms with Crippen LogP contribution >= 0.6 is 0 Å². The molecule has 3 rings (SSSR count). The van der Waals surface area contributed by atoms with E-state index in [9.17, 15) is 14.0 Å². The Hall–Kier alpha value is -2.11. The zero-order chi connectivity index (χ0) is 19.6. The van der Waals surface area contributed by atoms with Crippen LogP contribution < -0.4 is 0 Å². The third-order valence-electron chi connectivity index (χ3n) is 4.95. The van der Waals surface area contributed by atoms with Gasteiger partial charge in [0.25, 0.3) is 0 Å². The molecular weight excluding hydrogens is 347 g/mol. The lowest BCUT2D eigenvalue weighted by molar-refractivity contribution is -0.139. The highest BCUT2D eigenvalue weighted by Crippen LogP contribution is 2.31. The van der Waals surface area contributed by atoms with Crippen LogP contribution in [0.5, 0.6) is 0 Å². The summed E-state index contributed by atoms with van der Waals surface area (Å²) >= 11 is 0. The van der Waals surface area contributed by atoms with E-state index in [2.05, 4.69) is 0 Å². The van der Waals surface area contributed by atoms with Crippen molar-refractivity contribution in [3.05, 3.63) is 35.6 Å². The number of hydrogen-bond donors (Lipinski definition) is 0. The molecule has 0 N–H and O–H groups in total. The van der Waals surface area contributed by atoms with Crippen LogP contribution in [-0.2, 0) is 16.1 Å². The third-order valence-corrected chi connectivity index (χ3v) is 4.95. The van der Waals surface area contributed by atoms with Crippen molar-refractivity contribution in [2.24, 2.45) is 0 Å². The van der Waals surface area contributed by atoms with Gasteiger partial charge >= 0.3 is 6.09 Å². The highest BCUT2D eigenvalue weighted by atomic mass is 19.1. The number of nitrogens with zero attached hydrogens (tertiary/aromatic N) is 2. The average molecular weight is 376 g/mol. The van der Waals surface area contributed by atoms with Gasteiger partial charge in [0.15, 0.2) is 0 Å². The number of hydrogen-bond acceptors (Lipinski definition) is 3. The fourth-order valence-corrected chi connectivity index (χ4v) is 3.48. The molecule has 1 aliphatic heterocycles. The number of halogens is 1. The summed E-state index contributed by atoms with van der Waals surface area (Å²) in [4.78, 5) is 29.4. The van der Waals surface area contributed by atoms with Gasteiger partial charge in [0.2, 0.25) is 5.91 Å². The van der Waals surface area contributed by atoms with Gasteiger partial charge in [-0.2, -0.15) is 0 Å². The van der Waals surface area contributed by atoms with E-state index in [1.165, 1.54) is 12.1 Å². The molecule has 2 aliphatic rings. The molecule has 148 valence electrons. The first-order valence-corrected chi connectivity index (χ1v) is 9.79. The van der Waals surface area contributed by atoms with Crippen LogP contribution in [0.4, 0.5) is 9.18 Å². The zero-order valence-electron chi connectivity index (χ0n) is 16.4. The summed E-state index contributed by atoms with van der Waals surface area (Å²) in [6.07, 6.45) is 4.00. The number of ether oxygens (including phenoxy) is 1. The molecule has 1 aromatic carbocycles. The Kier molecular flexibility index (Phi) is 5.72. The molecule has 2 amide bonds. The molecule has 1 saturated carbocycles. The van der Waals surface area contributed by atoms with E-state index in [-0.39, 0.29) is 17.8 Å². The zero-order valence-corrected chi connectivity index (χ0v) is 16.4. The summed E-state index contributed by atoms with van der Waals surface area (Å²) < 4.78 is 18.7. The predicted octanol–water partition coefficient (Wildman–Crippen LogP) is 4.11. The van der Waals surface area contributed by atoms with E-state index < -0.39 is 17.7 Å². The topological polar surface area (TPSA) is 49.9 Å². The maximum Gasteiger partial charge on any atom is 0.410 e. The Labute approximate surface area is 160 Å². The lowest BCUT2D eigenvalue weighted by Crippen LogP contribution is -2.54. The number of rotatable bonds is 4. The fourth-order valence-electron chi connectivity index (χ4n) is 3.48. The summed E-state index contributed by atoms with van der Waals surface area (Å²) in [5, 5.41) is 0. The minimum atomic E-state index is -0.591. The first-order valence-electron chi connectivity index (χ1n) is 9.79. The second kappa shape index (κ2) is 7.87. The number of benzene rings is 1. The normalized spacial score (nSPS) is 20.3. The summed E-state index contributed by atoms with van der Waals surface area (Å²) in [6.45, 7) is 6.48. The number of amides is 2. The van der Waals surface area contributed by atoms with E-state index in [0.29, 0.717) is 19.5 Å². The largest absolute Gasteiger partial charge is 0.444 e. The monoisotopic (exact) mass is 376 g/mol. The summed E-state index contributed by atoms with van der Waals surface area (Å²) in [6, 6.07) is 5.99. The molecule has 1 atom stereocenters. The molecule has 0 aromatic heterocycles. The van der Waals surface area contributed by atoms with Crippen molar-refractivity contribution in [2.75, 3.05) is 6.54 Å². The summed E-state index contributed by atoms with van der Waals surface area (Å²) in [5.74, 6) is -0.307. The molecule has 0 radical (unpaired) electrons. The highest BCUT2D eigenvalue weighted by Gasteiger charge is 2.41. The Balaban J connectivity index is 1.74. The maximum atomic E-state index is 13.3. The predicted molar refractivity (Wildman–Crippen MR) is 101 cm³/mol. The number of piperidine rings is 1. The molecular formula is C21H29FN2O3. The van der Waals surface area contributed by atoms with Crippen LogP contribution in [0.25, 0.3) is 0 Å². The van der Waals surface area contributed by atoms with E-state index in [0.717, 1.165) is 31.2 Å². The van der Waals surface area contributed by atoms with E-state index in [4.69, 9.17) is 4.74 Å². The molecule has 1 aromatic rings. The quantitative estimate of drug-likeness (QED) is 0.795. The highest BCUT2D eigenvalue weighted by molar-refractivity contribution is 5.86. The SMILES string of the molecule is CC(C)(C)OC(=O)N1CCCCC1C(=O)N(Cc1ccc(F)cc1)C1CC1. The van der Waals surface area contributed by atoms with Gasteiger partial charge < -0.3 is 9.64 Å². The number of carbonyl (C=O) groups excluding carboxylic acids is 2. The molecule has 1 unspecified atom stereocenters. The van der Waals surface area contributed by atoms with E-state index in [1.54, 1.807) is 17.0 Å². The Morgan fingerprint density at radius 2 is 1.81 bits per heavy atom. The molecule has 1 saturated heterocycles.